The molecule has 0 bridgehead atoms. The Morgan fingerprint density at radius 1 is 1.47 bits per heavy atom. The van der Waals surface area contributed by atoms with Gasteiger partial charge in [-0.3, -0.25) is 0 Å². The lowest BCUT2D eigenvalue weighted by Gasteiger charge is -1.96. The molecule has 0 saturated carbocycles. The average Bonchev–Trinajstić information content (AvgIpc) is 2.66. The lowest BCUT2D eigenvalue weighted by atomic mass is 10.2. The van der Waals surface area contributed by atoms with Gasteiger partial charge >= 0.3 is 0 Å². The second-order valence-corrected chi connectivity index (χ2v) is 3.76. The maximum Gasteiger partial charge on any atom is 0.260 e. The van der Waals surface area contributed by atoms with Gasteiger partial charge in [0.15, 0.2) is 5.82 Å². The second-order valence-electron chi connectivity index (χ2n) is 2.84. The zero-order chi connectivity index (χ0) is 10.8. The van der Waals surface area contributed by atoms with Gasteiger partial charge in [-0.1, -0.05) is 21.1 Å². The fourth-order valence-corrected chi connectivity index (χ4v) is 1.44. The lowest BCUT2D eigenvalue weighted by molar-refractivity contribution is 0.420. The standard InChI is InChI=1S/C9H7BrFN3O/c10-5-1-2-6(7(11)3-5)9-13-8(4-12)14-15-9/h1-3H,4,12H2. The van der Waals surface area contributed by atoms with Crippen LogP contribution in [0, 0.1) is 5.82 Å². The van der Waals surface area contributed by atoms with E-state index in [2.05, 4.69) is 26.1 Å². The molecule has 1 heterocycles. The van der Waals surface area contributed by atoms with E-state index < -0.39 is 5.82 Å². The third-order valence-electron chi connectivity index (χ3n) is 1.81. The van der Waals surface area contributed by atoms with Crippen molar-refractivity contribution in [3.8, 4) is 11.5 Å². The summed E-state index contributed by atoms with van der Waals surface area (Å²) in [6.07, 6.45) is 0. The second kappa shape index (κ2) is 4.08. The predicted octanol–water partition coefficient (Wildman–Crippen LogP) is 2.10. The Morgan fingerprint density at radius 2 is 2.27 bits per heavy atom. The van der Waals surface area contributed by atoms with Gasteiger partial charge in [0, 0.05) is 4.47 Å². The number of rotatable bonds is 2. The van der Waals surface area contributed by atoms with E-state index >= 15 is 0 Å². The topological polar surface area (TPSA) is 64.9 Å². The number of benzene rings is 1. The summed E-state index contributed by atoms with van der Waals surface area (Å²) in [5.74, 6) is 0.0735. The van der Waals surface area contributed by atoms with E-state index in [9.17, 15) is 4.39 Å². The van der Waals surface area contributed by atoms with E-state index in [4.69, 9.17) is 10.3 Å². The van der Waals surface area contributed by atoms with Crippen LogP contribution in [0.25, 0.3) is 11.5 Å². The number of aromatic nitrogens is 2. The quantitative estimate of drug-likeness (QED) is 0.909. The summed E-state index contributed by atoms with van der Waals surface area (Å²) in [7, 11) is 0. The zero-order valence-electron chi connectivity index (χ0n) is 7.58. The third-order valence-corrected chi connectivity index (χ3v) is 2.31. The minimum absolute atomic E-state index is 0.139. The summed E-state index contributed by atoms with van der Waals surface area (Å²) in [6, 6.07) is 4.60. The molecule has 6 heteroatoms. The molecule has 78 valence electrons. The molecule has 0 unspecified atom stereocenters. The molecule has 0 fully saturated rings. The van der Waals surface area contributed by atoms with E-state index in [1.165, 1.54) is 6.07 Å². The van der Waals surface area contributed by atoms with Crippen LogP contribution in [0.3, 0.4) is 0 Å². The summed E-state index contributed by atoms with van der Waals surface area (Å²) in [5, 5.41) is 3.59. The first-order chi connectivity index (χ1) is 7.20. The van der Waals surface area contributed by atoms with Crippen LogP contribution in [0.4, 0.5) is 4.39 Å². The Morgan fingerprint density at radius 3 is 2.87 bits per heavy atom. The normalized spacial score (nSPS) is 10.6. The number of hydrogen-bond acceptors (Lipinski definition) is 4. The van der Waals surface area contributed by atoms with Crippen LogP contribution >= 0.6 is 15.9 Å². The fourth-order valence-electron chi connectivity index (χ4n) is 1.11. The van der Waals surface area contributed by atoms with Gasteiger partial charge in [0.25, 0.3) is 5.89 Å². The van der Waals surface area contributed by atoms with Gasteiger partial charge in [-0.2, -0.15) is 4.98 Å². The highest BCUT2D eigenvalue weighted by atomic mass is 79.9. The van der Waals surface area contributed by atoms with Crippen molar-refractivity contribution in [2.75, 3.05) is 0 Å². The van der Waals surface area contributed by atoms with Crippen LogP contribution < -0.4 is 5.73 Å². The van der Waals surface area contributed by atoms with E-state index in [1.54, 1.807) is 12.1 Å². The van der Waals surface area contributed by atoms with E-state index in [0.29, 0.717) is 10.3 Å². The zero-order valence-corrected chi connectivity index (χ0v) is 9.16. The Bertz CT molecular complexity index is 486. The molecule has 2 N–H and O–H groups in total. The molecule has 15 heavy (non-hydrogen) atoms. The Labute approximate surface area is 93.4 Å². The smallest absolute Gasteiger partial charge is 0.260 e. The van der Waals surface area contributed by atoms with Crippen molar-refractivity contribution in [2.45, 2.75) is 6.54 Å². The fraction of sp³-hybridized carbons (Fsp3) is 0.111. The number of nitrogens with two attached hydrogens (primary N) is 1. The maximum absolute atomic E-state index is 13.5. The molecule has 0 radical (unpaired) electrons. The van der Waals surface area contributed by atoms with Crippen molar-refractivity contribution in [3.05, 3.63) is 34.3 Å². The van der Waals surface area contributed by atoms with Crippen molar-refractivity contribution < 1.29 is 8.91 Å². The van der Waals surface area contributed by atoms with Crippen LogP contribution in [0.15, 0.2) is 27.2 Å². The van der Waals surface area contributed by atoms with Crippen molar-refractivity contribution in [1.29, 1.82) is 0 Å². The Kier molecular flexibility index (Phi) is 2.79. The largest absolute Gasteiger partial charge is 0.334 e. The predicted molar refractivity (Wildman–Crippen MR) is 55.3 cm³/mol. The Hall–Kier alpha value is -1.27. The molecule has 0 saturated heterocycles. The van der Waals surface area contributed by atoms with Crippen molar-refractivity contribution in [1.82, 2.24) is 10.1 Å². The van der Waals surface area contributed by atoms with Gasteiger partial charge in [-0.05, 0) is 18.2 Å². The summed E-state index contributed by atoms with van der Waals surface area (Å²) in [6.45, 7) is 0.168. The minimum Gasteiger partial charge on any atom is -0.334 e. The molecule has 0 amide bonds. The van der Waals surface area contributed by atoms with Gasteiger partial charge in [-0.15, -0.1) is 0 Å². The van der Waals surface area contributed by atoms with Gasteiger partial charge in [0.1, 0.15) is 5.82 Å². The minimum atomic E-state index is -0.420. The van der Waals surface area contributed by atoms with Gasteiger partial charge in [0.05, 0.1) is 12.1 Å². The van der Waals surface area contributed by atoms with Crippen molar-refractivity contribution in [3.63, 3.8) is 0 Å². The highest BCUT2D eigenvalue weighted by Gasteiger charge is 2.12. The number of nitrogens with zero attached hydrogens (tertiary/aromatic N) is 2. The summed E-state index contributed by atoms with van der Waals surface area (Å²) in [4.78, 5) is 3.93. The molecule has 1 aromatic heterocycles. The first-order valence-electron chi connectivity index (χ1n) is 4.19. The highest BCUT2D eigenvalue weighted by molar-refractivity contribution is 9.10. The molecule has 0 aliphatic carbocycles. The molecular weight excluding hydrogens is 265 g/mol. The van der Waals surface area contributed by atoms with Crippen LogP contribution in [0.1, 0.15) is 5.82 Å². The summed E-state index contributed by atoms with van der Waals surface area (Å²) < 4.78 is 19.0. The van der Waals surface area contributed by atoms with E-state index in [0.717, 1.165) is 0 Å². The SMILES string of the molecule is NCc1noc(-c2ccc(Br)cc2F)n1. The molecular formula is C9H7BrFN3O. The van der Waals surface area contributed by atoms with Crippen LogP contribution in [0.5, 0.6) is 0 Å². The first-order valence-corrected chi connectivity index (χ1v) is 4.98. The van der Waals surface area contributed by atoms with Crippen LogP contribution in [-0.4, -0.2) is 10.1 Å². The third kappa shape index (κ3) is 2.05. The maximum atomic E-state index is 13.5. The highest BCUT2D eigenvalue weighted by Crippen LogP contribution is 2.23. The first kappa shape index (κ1) is 10.3. The molecule has 2 aromatic rings. The molecule has 1 aromatic carbocycles. The molecule has 0 aliphatic rings. The van der Waals surface area contributed by atoms with Crippen LogP contribution in [-0.2, 0) is 6.54 Å². The van der Waals surface area contributed by atoms with Gasteiger partial charge in [0.2, 0.25) is 0 Å². The average molecular weight is 272 g/mol. The van der Waals surface area contributed by atoms with Crippen molar-refractivity contribution >= 4 is 15.9 Å². The van der Waals surface area contributed by atoms with Crippen molar-refractivity contribution in [2.24, 2.45) is 5.73 Å². The summed E-state index contributed by atoms with van der Waals surface area (Å²) in [5.41, 5.74) is 5.59. The summed E-state index contributed by atoms with van der Waals surface area (Å²) >= 11 is 3.16. The van der Waals surface area contributed by atoms with Gasteiger partial charge in [-0.25, -0.2) is 4.39 Å². The van der Waals surface area contributed by atoms with Crippen LogP contribution in [0.2, 0.25) is 0 Å². The molecule has 0 atom stereocenters. The lowest BCUT2D eigenvalue weighted by Crippen LogP contribution is -1.97. The molecule has 4 nitrogen and oxygen atoms in total. The molecule has 2 rings (SSSR count). The molecule has 0 aliphatic heterocycles. The van der Waals surface area contributed by atoms with E-state index in [1.807, 2.05) is 0 Å². The number of hydrogen-bond donors (Lipinski definition) is 1. The Balaban J connectivity index is 2.44. The molecule has 0 spiro atoms. The van der Waals surface area contributed by atoms with E-state index in [-0.39, 0.29) is 18.0 Å². The number of halogens is 2. The monoisotopic (exact) mass is 271 g/mol. The van der Waals surface area contributed by atoms with Gasteiger partial charge < -0.3 is 10.3 Å².